The molecule has 0 aliphatic rings. The van der Waals surface area contributed by atoms with Crippen LogP contribution in [0.1, 0.15) is 11.7 Å². The first-order valence-electron chi connectivity index (χ1n) is 4.87. The van der Waals surface area contributed by atoms with Crippen molar-refractivity contribution in [1.29, 1.82) is 0 Å². The minimum atomic E-state index is -0.0571. The fourth-order valence-corrected chi connectivity index (χ4v) is 1.32. The van der Waals surface area contributed by atoms with E-state index in [4.69, 9.17) is 14.2 Å². The summed E-state index contributed by atoms with van der Waals surface area (Å²) in [7, 11) is 6.54. The SMILES string of the molecule is CNC(COC)c1ncc(OC)nc1OC. The van der Waals surface area contributed by atoms with E-state index < -0.39 is 0 Å². The second-order valence-corrected chi connectivity index (χ2v) is 3.10. The van der Waals surface area contributed by atoms with Crippen molar-refractivity contribution < 1.29 is 14.2 Å². The average molecular weight is 227 g/mol. The Morgan fingerprint density at radius 1 is 1.31 bits per heavy atom. The molecule has 0 spiro atoms. The van der Waals surface area contributed by atoms with Crippen molar-refractivity contribution >= 4 is 0 Å². The number of nitrogens with zero attached hydrogens (tertiary/aromatic N) is 2. The lowest BCUT2D eigenvalue weighted by Gasteiger charge is -2.16. The first-order chi connectivity index (χ1) is 7.76. The quantitative estimate of drug-likeness (QED) is 0.759. The molecule has 0 aromatic carbocycles. The first kappa shape index (κ1) is 12.7. The number of likely N-dealkylation sites (N-methyl/N-ethyl adjacent to an activating group) is 1. The lowest BCUT2D eigenvalue weighted by atomic mass is 10.2. The standard InChI is InChI=1S/C10H17N3O3/c1-11-7(6-14-2)9-10(16-4)13-8(15-3)5-12-9/h5,7,11H,6H2,1-4H3. The summed E-state index contributed by atoms with van der Waals surface area (Å²) >= 11 is 0. The minimum Gasteiger partial charge on any atom is -0.480 e. The van der Waals surface area contributed by atoms with Gasteiger partial charge in [-0.05, 0) is 7.05 Å². The van der Waals surface area contributed by atoms with Crippen LogP contribution >= 0.6 is 0 Å². The molecule has 0 fully saturated rings. The Morgan fingerprint density at radius 2 is 2.06 bits per heavy atom. The Bertz CT molecular complexity index is 333. The zero-order valence-corrected chi connectivity index (χ0v) is 9.98. The van der Waals surface area contributed by atoms with Crippen LogP contribution in [0.3, 0.4) is 0 Å². The highest BCUT2D eigenvalue weighted by atomic mass is 16.5. The van der Waals surface area contributed by atoms with E-state index in [9.17, 15) is 0 Å². The van der Waals surface area contributed by atoms with Crippen LogP contribution in [-0.4, -0.2) is 45.0 Å². The molecule has 6 nitrogen and oxygen atoms in total. The van der Waals surface area contributed by atoms with Crippen molar-refractivity contribution in [1.82, 2.24) is 15.3 Å². The van der Waals surface area contributed by atoms with Gasteiger partial charge in [-0.15, -0.1) is 0 Å². The van der Waals surface area contributed by atoms with Gasteiger partial charge in [0.2, 0.25) is 11.8 Å². The smallest absolute Gasteiger partial charge is 0.240 e. The third-order valence-electron chi connectivity index (χ3n) is 2.16. The first-order valence-corrected chi connectivity index (χ1v) is 4.87. The normalized spacial score (nSPS) is 12.2. The summed E-state index contributed by atoms with van der Waals surface area (Å²) < 4.78 is 15.2. The zero-order chi connectivity index (χ0) is 12.0. The molecule has 6 heteroatoms. The number of hydrogen-bond donors (Lipinski definition) is 1. The molecule has 1 aromatic heterocycles. The van der Waals surface area contributed by atoms with E-state index in [1.54, 1.807) is 20.4 Å². The molecule has 1 atom stereocenters. The molecule has 90 valence electrons. The van der Waals surface area contributed by atoms with E-state index in [2.05, 4.69) is 15.3 Å². The molecule has 0 saturated heterocycles. The lowest BCUT2D eigenvalue weighted by Crippen LogP contribution is -2.23. The van der Waals surface area contributed by atoms with E-state index >= 15 is 0 Å². The van der Waals surface area contributed by atoms with Gasteiger partial charge in [0, 0.05) is 7.11 Å². The van der Waals surface area contributed by atoms with Gasteiger partial charge in [-0.3, -0.25) is 0 Å². The molecule has 0 radical (unpaired) electrons. The van der Waals surface area contributed by atoms with Crippen molar-refractivity contribution in [2.75, 3.05) is 35.0 Å². The number of methoxy groups -OCH3 is 3. The summed E-state index contributed by atoms with van der Waals surface area (Å²) in [6.07, 6.45) is 1.55. The predicted molar refractivity (Wildman–Crippen MR) is 58.8 cm³/mol. The maximum atomic E-state index is 5.17. The molecule has 1 unspecified atom stereocenters. The summed E-state index contributed by atoms with van der Waals surface area (Å²) in [6.45, 7) is 0.494. The van der Waals surface area contributed by atoms with Crippen molar-refractivity contribution in [3.63, 3.8) is 0 Å². The Hall–Kier alpha value is -1.40. The Morgan fingerprint density at radius 3 is 2.56 bits per heavy atom. The van der Waals surface area contributed by atoms with Gasteiger partial charge in [0.25, 0.3) is 0 Å². The molecular weight excluding hydrogens is 210 g/mol. The number of hydrogen-bond acceptors (Lipinski definition) is 6. The number of ether oxygens (including phenoxy) is 3. The highest BCUT2D eigenvalue weighted by Gasteiger charge is 2.18. The summed E-state index contributed by atoms with van der Waals surface area (Å²) in [5.41, 5.74) is 0.702. The summed E-state index contributed by atoms with van der Waals surface area (Å²) in [5, 5.41) is 3.08. The summed E-state index contributed by atoms with van der Waals surface area (Å²) in [6, 6.07) is -0.0571. The number of nitrogens with one attached hydrogen (secondary N) is 1. The largest absolute Gasteiger partial charge is 0.480 e. The molecule has 0 aliphatic heterocycles. The van der Waals surface area contributed by atoms with Crippen LogP contribution < -0.4 is 14.8 Å². The zero-order valence-electron chi connectivity index (χ0n) is 9.98. The van der Waals surface area contributed by atoms with Crippen molar-refractivity contribution in [2.45, 2.75) is 6.04 Å². The van der Waals surface area contributed by atoms with Crippen LogP contribution in [0.5, 0.6) is 11.8 Å². The van der Waals surface area contributed by atoms with Gasteiger partial charge < -0.3 is 19.5 Å². The summed E-state index contributed by atoms with van der Waals surface area (Å²) in [5.74, 6) is 0.864. The van der Waals surface area contributed by atoms with Gasteiger partial charge in [0.05, 0.1) is 33.1 Å². The van der Waals surface area contributed by atoms with Gasteiger partial charge in [-0.1, -0.05) is 0 Å². The monoisotopic (exact) mass is 227 g/mol. The minimum absolute atomic E-state index is 0.0571. The second kappa shape index (κ2) is 6.24. The second-order valence-electron chi connectivity index (χ2n) is 3.10. The molecule has 0 saturated carbocycles. The molecule has 0 bridgehead atoms. The average Bonchev–Trinajstić information content (AvgIpc) is 2.35. The fourth-order valence-electron chi connectivity index (χ4n) is 1.32. The van der Waals surface area contributed by atoms with E-state index in [0.29, 0.717) is 24.1 Å². The Labute approximate surface area is 95.0 Å². The molecule has 1 N–H and O–H groups in total. The lowest BCUT2D eigenvalue weighted by molar-refractivity contribution is 0.166. The van der Waals surface area contributed by atoms with Crippen LogP contribution in [0.15, 0.2) is 6.20 Å². The Balaban J connectivity index is 3.01. The van der Waals surface area contributed by atoms with Gasteiger partial charge in [-0.25, -0.2) is 4.98 Å². The van der Waals surface area contributed by atoms with E-state index in [0.717, 1.165) is 0 Å². The van der Waals surface area contributed by atoms with Crippen LogP contribution in [0.25, 0.3) is 0 Å². The molecule has 0 amide bonds. The molecule has 0 aliphatic carbocycles. The molecule has 1 heterocycles. The number of rotatable bonds is 6. The van der Waals surface area contributed by atoms with Crippen LogP contribution in [0, 0.1) is 0 Å². The predicted octanol–water partition coefficient (Wildman–Crippen LogP) is 0.401. The molecule has 1 rings (SSSR count). The molecule has 1 aromatic rings. The highest BCUT2D eigenvalue weighted by Crippen LogP contribution is 2.22. The topological polar surface area (TPSA) is 65.5 Å². The fraction of sp³-hybridized carbons (Fsp3) is 0.600. The van der Waals surface area contributed by atoms with Gasteiger partial charge >= 0.3 is 0 Å². The van der Waals surface area contributed by atoms with Crippen LogP contribution in [0.4, 0.5) is 0 Å². The highest BCUT2D eigenvalue weighted by molar-refractivity contribution is 5.25. The van der Waals surface area contributed by atoms with Crippen LogP contribution in [0.2, 0.25) is 0 Å². The van der Waals surface area contributed by atoms with E-state index in [-0.39, 0.29) is 6.04 Å². The van der Waals surface area contributed by atoms with Gasteiger partial charge in [-0.2, -0.15) is 4.98 Å². The third kappa shape index (κ3) is 2.80. The maximum absolute atomic E-state index is 5.17. The van der Waals surface area contributed by atoms with Gasteiger partial charge in [0.15, 0.2) is 0 Å². The van der Waals surface area contributed by atoms with E-state index in [1.807, 2.05) is 7.05 Å². The van der Waals surface area contributed by atoms with Gasteiger partial charge in [0.1, 0.15) is 5.69 Å². The van der Waals surface area contributed by atoms with Crippen molar-refractivity contribution in [3.05, 3.63) is 11.9 Å². The number of aromatic nitrogens is 2. The summed E-state index contributed by atoms with van der Waals surface area (Å²) in [4.78, 5) is 8.41. The van der Waals surface area contributed by atoms with E-state index in [1.165, 1.54) is 7.11 Å². The molecular formula is C10H17N3O3. The molecule has 16 heavy (non-hydrogen) atoms. The van der Waals surface area contributed by atoms with Crippen molar-refractivity contribution in [3.8, 4) is 11.8 Å². The Kier molecular flexibility index (Phi) is 4.94. The van der Waals surface area contributed by atoms with Crippen molar-refractivity contribution in [2.24, 2.45) is 0 Å². The van der Waals surface area contributed by atoms with Crippen LogP contribution in [-0.2, 0) is 4.74 Å². The third-order valence-corrected chi connectivity index (χ3v) is 2.16. The maximum Gasteiger partial charge on any atom is 0.240 e.